The van der Waals surface area contributed by atoms with Gasteiger partial charge >= 0.3 is 12.1 Å². The molecule has 1 aliphatic rings. The van der Waals surface area contributed by atoms with Gasteiger partial charge in [0.2, 0.25) is 0 Å². The highest BCUT2D eigenvalue weighted by Crippen LogP contribution is 2.29. The molecule has 0 aliphatic carbocycles. The fraction of sp³-hybridized carbons (Fsp3) is 0.296. The van der Waals surface area contributed by atoms with Crippen molar-refractivity contribution in [1.82, 2.24) is 14.0 Å². The Morgan fingerprint density at radius 2 is 2.00 bits per heavy atom. The molecule has 1 fully saturated rings. The largest absolute Gasteiger partial charge is 0.462 e. The standard InChI is InChI=1S/C27H23F3N4O5/c1-2-38-26(37)20-14-19-22(31-21-10-3-4-11-33(21)25(19)36)34(15-18-9-6-12-39-18)23(20)32-24(35)16-7-5-8-17(13-16)27(28,29)30/h3-5,7-8,10-11,13-14,18H,2,6,9,12,15H2,1H3. The fourth-order valence-corrected chi connectivity index (χ4v) is 4.51. The van der Waals surface area contributed by atoms with Gasteiger partial charge in [0, 0.05) is 18.4 Å². The number of alkyl halides is 3. The van der Waals surface area contributed by atoms with E-state index in [2.05, 4.69) is 9.98 Å². The second kappa shape index (κ2) is 10.4. The van der Waals surface area contributed by atoms with Crippen LogP contribution in [0.5, 0.6) is 0 Å². The SMILES string of the molecule is CCOC(=O)c1cc2c(=O)n3ccccc3nc2n(CC2CCCO2)c1=NC(=O)c1cccc(C(F)(F)F)c1. The molecule has 1 aromatic carbocycles. The molecule has 12 heteroatoms. The summed E-state index contributed by atoms with van der Waals surface area (Å²) in [6.07, 6.45) is -2.00. The molecule has 4 aromatic rings. The van der Waals surface area contributed by atoms with E-state index in [0.717, 1.165) is 18.6 Å². The Hall–Kier alpha value is -4.32. The number of aromatic nitrogens is 3. The van der Waals surface area contributed by atoms with Gasteiger partial charge in [-0.2, -0.15) is 18.2 Å². The summed E-state index contributed by atoms with van der Waals surface area (Å²) < 4.78 is 53.6. The van der Waals surface area contributed by atoms with Crippen LogP contribution in [0.1, 0.15) is 46.0 Å². The molecule has 1 aliphatic heterocycles. The number of halogens is 3. The minimum absolute atomic E-state index is 0.00142. The molecule has 0 bridgehead atoms. The summed E-state index contributed by atoms with van der Waals surface area (Å²) in [5, 5.41) is 0.0743. The van der Waals surface area contributed by atoms with Gasteiger partial charge in [-0.25, -0.2) is 9.78 Å². The van der Waals surface area contributed by atoms with Crippen LogP contribution in [0.15, 0.2) is 64.5 Å². The normalized spacial score (nSPS) is 16.2. The van der Waals surface area contributed by atoms with Crippen LogP contribution in [0.4, 0.5) is 13.2 Å². The summed E-state index contributed by atoms with van der Waals surface area (Å²) in [6.45, 7) is 2.19. The van der Waals surface area contributed by atoms with Crippen LogP contribution in [0.25, 0.3) is 16.7 Å². The molecule has 1 unspecified atom stereocenters. The third-order valence-electron chi connectivity index (χ3n) is 6.34. The fourth-order valence-electron chi connectivity index (χ4n) is 4.51. The Kier molecular flexibility index (Phi) is 7.04. The van der Waals surface area contributed by atoms with E-state index in [1.807, 2.05) is 0 Å². The van der Waals surface area contributed by atoms with Gasteiger partial charge in [-0.3, -0.25) is 14.0 Å². The maximum absolute atomic E-state index is 13.4. The second-order valence-corrected chi connectivity index (χ2v) is 8.93. The number of benzene rings is 1. The monoisotopic (exact) mass is 540 g/mol. The van der Waals surface area contributed by atoms with Crippen LogP contribution in [0.3, 0.4) is 0 Å². The Morgan fingerprint density at radius 3 is 2.72 bits per heavy atom. The minimum Gasteiger partial charge on any atom is -0.462 e. The molecule has 4 heterocycles. The molecule has 202 valence electrons. The Balaban J connectivity index is 1.82. The lowest BCUT2D eigenvalue weighted by atomic mass is 10.1. The van der Waals surface area contributed by atoms with Crippen LogP contribution >= 0.6 is 0 Å². The van der Waals surface area contributed by atoms with Crippen molar-refractivity contribution < 1.29 is 32.2 Å². The van der Waals surface area contributed by atoms with Gasteiger partial charge in [0.15, 0.2) is 5.49 Å². The minimum atomic E-state index is -4.66. The lowest BCUT2D eigenvalue weighted by Gasteiger charge is -2.18. The number of amides is 1. The molecule has 39 heavy (non-hydrogen) atoms. The summed E-state index contributed by atoms with van der Waals surface area (Å²) in [7, 11) is 0. The van der Waals surface area contributed by atoms with Crippen molar-refractivity contribution in [3.63, 3.8) is 0 Å². The number of carbonyl (C=O) groups is 2. The topological polar surface area (TPSA) is 104 Å². The van der Waals surface area contributed by atoms with E-state index in [1.54, 1.807) is 25.1 Å². The first-order valence-corrected chi connectivity index (χ1v) is 12.3. The third-order valence-corrected chi connectivity index (χ3v) is 6.34. The first-order chi connectivity index (χ1) is 18.7. The zero-order valence-corrected chi connectivity index (χ0v) is 20.8. The lowest BCUT2D eigenvalue weighted by Crippen LogP contribution is -2.35. The summed E-state index contributed by atoms with van der Waals surface area (Å²) in [6, 6.07) is 10.1. The highest BCUT2D eigenvalue weighted by Gasteiger charge is 2.31. The van der Waals surface area contributed by atoms with Crippen molar-refractivity contribution >= 4 is 28.6 Å². The zero-order chi connectivity index (χ0) is 27.7. The van der Waals surface area contributed by atoms with E-state index in [1.165, 1.54) is 27.3 Å². The quantitative estimate of drug-likeness (QED) is 0.282. The first-order valence-electron chi connectivity index (χ1n) is 12.3. The van der Waals surface area contributed by atoms with E-state index in [9.17, 15) is 27.6 Å². The van der Waals surface area contributed by atoms with Gasteiger partial charge in [0.1, 0.15) is 16.9 Å². The predicted molar refractivity (Wildman–Crippen MR) is 133 cm³/mol. The molecule has 0 N–H and O–H groups in total. The molecule has 9 nitrogen and oxygen atoms in total. The van der Waals surface area contributed by atoms with E-state index < -0.39 is 29.2 Å². The number of hydrogen-bond acceptors (Lipinski definition) is 6. The lowest BCUT2D eigenvalue weighted by molar-refractivity contribution is -0.137. The molecule has 0 saturated carbocycles. The van der Waals surface area contributed by atoms with Crippen molar-refractivity contribution in [1.29, 1.82) is 0 Å². The third kappa shape index (κ3) is 5.19. The number of ether oxygens (including phenoxy) is 2. The zero-order valence-electron chi connectivity index (χ0n) is 20.8. The van der Waals surface area contributed by atoms with Crippen molar-refractivity contribution in [2.45, 2.75) is 38.6 Å². The van der Waals surface area contributed by atoms with Crippen LogP contribution in [-0.4, -0.2) is 45.1 Å². The maximum atomic E-state index is 13.4. The van der Waals surface area contributed by atoms with Gasteiger partial charge in [-0.15, -0.1) is 0 Å². The smallest absolute Gasteiger partial charge is 0.416 e. The van der Waals surface area contributed by atoms with Crippen LogP contribution < -0.4 is 11.0 Å². The van der Waals surface area contributed by atoms with Crippen molar-refractivity contribution in [2.24, 2.45) is 4.99 Å². The molecule has 0 spiro atoms. The van der Waals surface area contributed by atoms with Gasteiger partial charge in [0.05, 0.1) is 30.2 Å². The first kappa shape index (κ1) is 26.3. The van der Waals surface area contributed by atoms with Crippen molar-refractivity contribution in [3.05, 3.63) is 87.3 Å². The van der Waals surface area contributed by atoms with Gasteiger partial charge < -0.3 is 14.0 Å². The Labute approximate surface area is 219 Å². The number of hydrogen-bond donors (Lipinski definition) is 0. The molecular weight excluding hydrogens is 517 g/mol. The number of fused-ring (bicyclic) bond motifs is 2. The number of pyridine rings is 2. The van der Waals surface area contributed by atoms with Gasteiger partial charge in [-0.1, -0.05) is 12.1 Å². The Bertz CT molecular complexity index is 1720. The van der Waals surface area contributed by atoms with Gasteiger partial charge in [-0.05, 0) is 56.2 Å². The van der Waals surface area contributed by atoms with Crippen molar-refractivity contribution in [3.8, 4) is 0 Å². The van der Waals surface area contributed by atoms with E-state index in [0.29, 0.717) is 24.7 Å². The summed E-state index contributed by atoms with van der Waals surface area (Å²) in [5.41, 5.74) is -1.72. The van der Waals surface area contributed by atoms with Crippen LogP contribution in [0, 0.1) is 0 Å². The Morgan fingerprint density at radius 1 is 1.18 bits per heavy atom. The number of rotatable bonds is 5. The molecule has 0 radical (unpaired) electrons. The van der Waals surface area contributed by atoms with E-state index in [-0.39, 0.29) is 46.9 Å². The molecule has 1 saturated heterocycles. The molecular formula is C27H23F3N4O5. The van der Waals surface area contributed by atoms with Crippen LogP contribution in [0.2, 0.25) is 0 Å². The van der Waals surface area contributed by atoms with Crippen LogP contribution in [-0.2, 0) is 22.2 Å². The number of esters is 1. The molecule has 1 atom stereocenters. The molecule has 5 rings (SSSR count). The average Bonchev–Trinajstić information content (AvgIpc) is 3.43. The second-order valence-electron chi connectivity index (χ2n) is 8.93. The summed E-state index contributed by atoms with van der Waals surface area (Å²) in [5.74, 6) is -1.86. The number of carbonyl (C=O) groups excluding carboxylic acids is 2. The van der Waals surface area contributed by atoms with E-state index >= 15 is 0 Å². The highest BCUT2D eigenvalue weighted by atomic mass is 19.4. The summed E-state index contributed by atoms with van der Waals surface area (Å²) >= 11 is 0. The van der Waals surface area contributed by atoms with Gasteiger partial charge in [0.25, 0.3) is 11.5 Å². The molecule has 3 aromatic heterocycles. The molecule has 1 amide bonds. The highest BCUT2D eigenvalue weighted by molar-refractivity contribution is 5.97. The van der Waals surface area contributed by atoms with E-state index in [4.69, 9.17) is 9.47 Å². The predicted octanol–water partition coefficient (Wildman–Crippen LogP) is 3.76. The number of nitrogens with zero attached hydrogens (tertiary/aromatic N) is 4. The van der Waals surface area contributed by atoms with Crippen molar-refractivity contribution in [2.75, 3.05) is 13.2 Å². The average molecular weight is 540 g/mol. The summed E-state index contributed by atoms with van der Waals surface area (Å²) in [4.78, 5) is 48.4. The maximum Gasteiger partial charge on any atom is 0.416 e.